The number of rotatable bonds is 2. The van der Waals surface area contributed by atoms with Gasteiger partial charge in [0, 0.05) is 24.2 Å². The molecule has 98 valence electrons. The molecular weight excluding hydrogens is 236 g/mol. The molecule has 0 atom stereocenters. The molecule has 0 radical (unpaired) electrons. The van der Waals surface area contributed by atoms with E-state index in [2.05, 4.69) is 39.7 Å². The first-order chi connectivity index (χ1) is 9.34. The van der Waals surface area contributed by atoms with Crippen LogP contribution in [0.3, 0.4) is 0 Å². The molecule has 0 fully saturated rings. The molecule has 3 rings (SSSR count). The van der Waals surface area contributed by atoms with Crippen LogP contribution in [0, 0.1) is 6.92 Å². The molecule has 0 saturated carbocycles. The van der Waals surface area contributed by atoms with E-state index in [1.807, 2.05) is 12.1 Å². The molecule has 1 aromatic heterocycles. The van der Waals surface area contributed by atoms with Gasteiger partial charge in [-0.25, -0.2) is 9.97 Å². The minimum atomic E-state index is 0.947. The Morgan fingerprint density at radius 3 is 2.84 bits per heavy atom. The van der Waals surface area contributed by atoms with Crippen LogP contribution in [0.2, 0.25) is 0 Å². The molecular formula is C15H18N4. The molecule has 0 aliphatic carbocycles. The molecule has 4 heteroatoms. The quantitative estimate of drug-likeness (QED) is 0.862. The Labute approximate surface area is 113 Å². The van der Waals surface area contributed by atoms with Crippen LogP contribution in [0.15, 0.2) is 30.6 Å². The zero-order valence-electron chi connectivity index (χ0n) is 11.1. The smallest absolute Gasteiger partial charge is 0.137 e. The van der Waals surface area contributed by atoms with Crippen LogP contribution in [0.1, 0.15) is 16.8 Å². The fourth-order valence-corrected chi connectivity index (χ4v) is 2.42. The molecule has 0 bridgehead atoms. The molecule has 0 saturated heterocycles. The predicted octanol–water partition coefficient (Wildman–Crippen LogP) is 2.22. The molecule has 2 heterocycles. The van der Waals surface area contributed by atoms with Crippen molar-refractivity contribution in [3.8, 4) is 0 Å². The largest absolute Gasteiger partial charge is 0.340 e. The highest BCUT2D eigenvalue weighted by Gasteiger charge is 2.14. The number of hydrogen-bond acceptors (Lipinski definition) is 4. The Morgan fingerprint density at radius 1 is 1.11 bits per heavy atom. The van der Waals surface area contributed by atoms with Crippen LogP contribution in [0.25, 0.3) is 0 Å². The van der Waals surface area contributed by atoms with Crippen LogP contribution in [0.5, 0.6) is 0 Å². The van der Waals surface area contributed by atoms with Crippen molar-refractivity contribution in [1.82, 2.24) is 15.3 Å². The standard InChI is InChI=1S/C15H18N4/c1-11-4-2-3-5-13(11)19-15-12-6-8-16-9-7-14(12)17-10-18-15/h2-5,10,16H,6-9H2,1H3,(H,17,18,19). The van der Waals surface area contributed by atoms with E-state index < -0.39 is 0 Å². The number of anilines is 2. The van der Waals surface area contributed by atoms with Crippen molar-refractivity contribution in [2.75, 3.05) is 18.4 Å². The number of aromatic nitrogens is 2. The molecule has 4 nitrogen and oxygen atoms in total. The average molecular weight is 254 g/mol. The first-order valence-corrected chi connectivity index (χ1v) is 6.71. The molecule has 2 aromatic rings. The third kappa shape index (κ3) is 2.58. The first kappa shape index (κ1) is 12.1. The molecule has 0 unspecified atom stereocenters. The highest BCUT2D eigenvalue weighted by molar-refractivity contribution is 5.63. The number of benzene rings is 1. The van der Waals surface area contributed by atoms with E-state index in [1.54, 1.807) is 6.33 Å². The van der Waals surface area contributed by atoms with Crippen molar-refractivity contribution in [2.45, 2.75) is 19.8 Å². The maximum Gasteiger partial charge on any atom is 0.137 e. The number of para-hydroxylation sites is 1. The normalized spacial score (nSPS) is 14.6. The molecule has 1 aliphatic rings. The summed E-state index contributed by atoms with van der Waals surface area (Å²) in [6, 6.07) is 8.27. The van der Waals surface area contributed by atoms with Crippen LogP contribution >= 0.6 is 0 Å². The summed E-state index contributed by atoms with van der Waals surface area (Å²) in [6.45, 7) is 4.08. The van der Waals surface area contributed by atoms with Gasteiger partial charge in [0.15, 0.2) is 0 Å². The lowest BCUT2D eigenvalue weighted by Gasteiger charge is -2.13. The maximum absolute atomic E-state index is 4.42. The molecule has 1 aliphatic heterocycles. The second kappa shape index (κ2) is 5.36. The minimum Gasteiger partial charge on any atom is -0.340 e. The fourth-order valence-electron chi connectivity index (χ4n) is 2.42. The van der Waals surface area contributed by atoms with Crippen molar-refractivity contribution < 1.29 is 0 Å². The summed E-state index contributed by atoms with van der Waals surface area (Å²) in [5.74, 6) is 0.947. The van der Waals surface area contributed by atoms with E-state index in [0.717, 1.165) is 43.1 Å². The van der Waals surface area contributed by atoms with Gasteiger partial charge in [-0.1, -0.05) is 18.2 Å². The van der Waals surface area contributed by atoms with Crippen molar-refractivity contribution >= 4 is 11.5 Å². The SMILES string of the molecule is Cc1ccccc1Nc1ncnc2c1CCNCC2. The van der Waals surface area contributed by atoms with Gasteiger partial charge in [-0.2, -0.15) is 0 Å². The molecule has 0 spiro atoms. The molecule has 2 N–H and O–H groups in total. The maximum atomic E-state index is 4.42. The highest BCUT2D eigenvalue weighted by atomic mass is 15.0. The first-order valence-electron chi connectivity index (χ1n) is 6.71. The third-order valence-electron chi connectivity index (χ3n) is 3.52. The lowest BCUT2D eigenvalue weighted by Crippen LogP contribution is -2.16. The summed E-state index contributed by atoms with van der Waals surface area (Å²) in [7, 11) is 0. The van der Waals surface area contributed by atoms with Gasteiger partial charge < -0.3 is 10.6 Å². The van der Waals surface area contributed by atoms with Crippen molar-refractivity contribution in [3.63, 3.8) is 0 Å². The van der Waals surface area contributed by atoms with Gasteiger partial charge in [0.05, 0.1) is 5.69 Å². The number of aryl methyl sites for hydroxylation is 1. The van der Waals surface area contributed by atoms with E-state index in [0.29, 0.717) is 0 Å². The van der Waals surface area contributed by atoms with Gasteiger partial charge in [-0.05, 0) is 31.5 Å². The predicted molar refractivity (Wildman–Crippen MR) is 76.8 cm³/mol. The van der Waals surface area contributed by atoms with Gasteiger partial charge in [-0.3, -0.25) is 0 Å². The summed E-state index contributed by atoms with van der Waals surface area (Å²) in [4.78, 5) is 8.83. The van der Waals surface area contributed by atoms with E-state index in [4.69, 9.17) is 0 Å². The lowest BCUT2D eigenvalue weighted by atomic mass is 10.1. The van der Waals surface area contributed by atoms with Gasteiger partial charge in [0.2, 0.25) is 0 Å². The number of hydrogen-bond donors (Lipinski definition) is 2. The summed E-state index contributed by atoms with van der Waals surface area (Å²) in [5.41, 5.74) is 4.74. The molecule has 0 amide bonds. The number of nitrogens with zero attached hydrogens (tertiary/aromatic N) is 2. The zero-order chi connectivity index (χ0) is 13.1. The summed E-state index contributed by atoms with van der Waals surface area (Å²) in [6.07, 6.45) is 3.61. The monoisotopic (exact) mass is 254 g/mol. The highest BCUT2D eigenvalue weighted by Crippen LogP contribution is 2.24. The summed E-state index contributed by atoms with van der Waals surface area (Å²) in [5, 5.41) is 6.85. The second-order valence-electron chi connectivity index (χ2n) is 4.84. The van der Waals surface area contributed by atoms with Crippen LogP contribution in [-0.2, 0) is 12.8 Å². The van der Waals surface area contributed by atoms with E-state index in [9.17, 15) is 0 Å². The number of nitrogens with one attached hydrogen (secondary N) is 2. The van der Waals surface area contributed by atoms with Crippen LogP contribution < -0.4 is 10.6 Å². The number of fused-ring (bicyclic) bond motifs is 1. The third-order valence-corrected chi connectivity index (χ3v) is 3.52. The molecule has 19 heavy (non-hydrogen) atoms. The van der Waals surface area contributed by atoms with Gasteiger partial charge in [0.1, 0.15) is 12.1 Å². The Hall–Kier alpha value is -1.94. The van der Waals surface area contributed by atoms with Gasteiger partial charge >= 0.3 is 0 Å². The van der Waals surface area contributed by atoms with E-state index in [1.165, 1.54) is 11.1 Å². The Morgan fingerprint density at radius 2 is 1.95 bits per heavy atom. The van der Waals surface area contributed by atoms with Gasteiger partial charge in [0.25, 0.3) is 0 Å². The van der Waals surface area contributed by atoms with Crippen molar-refractivity contribution in [2.24, 2.45) is 0 Å². The van der Waals surface area contributed by atoms with E-state index in [-0.39, 0.29) is 0 Å². The summed E-state index contributed by atoms with van der Waals surface area (Å²) >= 11 is 0. The zero-order valence-corrected chi connectivity index (χ0v) is 11.1. The van der Waals surface area contributed by atoms with Crippen molar-refractivity contribution in [1.29, 1.82) is 0 Å². The fraction of sp³-hybridized carbons (Fsp3) is 0.333. The van der Waals surface area contributed by atoms with E-state index >= 15 is 0 Å². The Bertz CT molecular complexity index is 580. The Kier molecular flexibility index (Phi) is 3.42. The van der Waals surface area contributed by atoms with Crippen LogP contribution in [-0.4, -0.2) is 23.1 Å². The second-order valence-corrected chi connectivity index (χ2v) is 4.84. The Balaban J connectivity index is 1.95. The topological polar surface area (TPSA) is 49.8 Å². The minimum absolute atomic E-state index is 0.947. The summed E-state index contributed by atoms with van der Waals surface area (Å²) < 4.78 is 0. The lowest BCUT2D eigenvalue weighted by molar-refractivity contribution is 0.708. The molecule has 1 aromatic carbocycles. The van der Waals surface area contributed by atoms with Crippen LogP contribution in [0.4, 0.5) is 11.5 Å². The van der Waals surface area contributed by atoms with Gasteiger partial charge in [-0.15, -0.1) is 0 Å². The average Bonchev–Trinajstić information content (AvgIpc) is 2.67. The van der Waals surface area contributed by atoms with Crippen molar-refractivity contribution in [3.05, 3.63) is 47.4 Å².